The Bertz CT molecular complexity index is 790. The molecule has 0 aromatic heterocycles. The Morgan fingerprint density at radius 3 is 2.27 bits per heavy atom. The molecular weight excluding hydrogens is 346 g/mol. The molecule has 0 bridgehead atoms. The minimum atomic E-state index is -3.24. The zero-order chi connectivity index (χ0) is 18.8. The van der Waals surface area contributed by atoms with Crippen LogP contribution in [0.4, 0.5) is 0 Å². The number of rotatable bonds is 8. The first-order chi connectivity index (χ1) is 12.5. The topological polar surface area (TPSA) is 61.8 Å². The molecule has 26 heavy (non-hydrogen) atoms. The number of hydrogen-bond acceptors (Lipinski definition) is 3. The SMILES string of the molecule is CCNC(=NCCCS(=O)(=O)c1ccccc1)N(C)Cc1ccccc1. The first kappa shape index (κ1) is 20.0. The Balaban J connectivity index is 1.92. The van der Waals surface area contributed by atoms with Crippen molar-refractivity contribution in [2.75, 3.05) is 25.9 Å². The Kier molecular flexibility index (Phi) is 7.66. The summed E-state index contributed by atoms with van der Waals surface area (Å²) in [6, 6.07) is 18.7. The Morgan fingerprint density at radius 1 is 1.04 bits per heavy atom. The molecule has 2 aromatic rings. The summed E-state index contributed by atoms with van der Waals surface area (Å²) in [4.78, 5) is 6.99. The molecule has 0 radical (unpaired) electrons. The molecule has 0 aliphatic heterocycles. The second kappa shape index (κ2) is 9.97. The predicted molar refractivity (Wildman–Crippen MR) is 107 cm³/mol. The van der Waals surface area contributed by atoms with Gasteiger partial charge in [-0.2, -0.15) is 0 Å². The van der Waals surface area contributed by atoms with Gasteiger partial charge < -0.3 is 10.2 Å². The summed E-state index contributed by atoms with van der Waals surface area (Å²) in [7, 11) is -1.26. The summed E-state index contributed by atoms with van der Waals surface area (Å²) >= 11 is 0. The second-order valence-electron chi connectivity index (χ2n) is 6.06. The molecule has 0 spiro atoms. The van der Waals surface area contributed by atoms with Crippen molar-refractivity contribution in [3.63, 3.8) is 0 Å². The van der Waals surface area contributed by atoms with E-state index < -0.39 is 9.84 Å². The van der Waals surface area contributed by atoms with E-state index in [-0.39, 0.29) is 5.75 Å². The summed E-state index contributed by atoms with van der Waals surface area (Å²) in [6.45, 7) is 3.99. The fourth-order valence-corrected chi connectivity index (χ4v) is 3.90. The summed E-state index contributed by atoms with van der Waals surface area (Å²) < 4.78 is 24.6. The molecule has 0 atom stereocenters. The molecule has 0 saturated heterocycles. The van der Waals surface area contributed by atoms with Crippen molar-refractivity contribution in [3.05, 3.63) is 66.2 Å². The van der Waals surface area contributed by atoms with E-state index in [4.69, 9.17) is 0 Å². The molecule has 5 nitrogen and oxygen atoms in total. The van der Waals surface area contributed by atoms with E-state index >= 15 is 0 Å². The van der Waals surface area contributed by atoms with Crippen molar-refractivity contribution in [1.82, 2.24) is 10.2 Å². The third-order valence-electron chi connectivity index (χ3n) is 3.89. The molecule has 1 N–H and O–H groups in total. The number of guanidine groups is 1. The zero-order valence-electron chi connectivity index (χ0n) is 15.4. The molecule has 0 fully saturated rings. The van der Waals surface area contributed by atoms with E-state index in [1.165, 1.54) is 5.56 Å². The Hall–Kier alpha value is -2.34. The van der Waals surface area contributed by atoms with Gasteiger partial charge in [0.05, 0.1) is 10.6 Å². The molecule has 2 rings (SSSR count). The highest BCUT2D eigenvalue weighted by molar-refractivity contribution is 7.91. The van der Waals surface area contributed by atoms with Gasteiger partial charge in [-0.1, -0.05) is 48.5 Å². The third kappa shape index (κ3) is 6.19. The molecule has 2 aromatic carbocycles. The quantitative estimate of drug-likeness (QED) is 0.439. The highest BCUT2D eigenvalue weighted by atomic mass is 32.2. The number of nitrogens with one attached hydrogen (secondary N) is 1. The molecule has 0 amide bonds. The van der Waals surface area contributed by atoms with Crippen LogP contribution in [-0.2, 0) is 16.4 Å². The minimum absolute atomic E-state index is 0.0995. The van der Waals surface area contributed by atoms with Crippen LogP contribution in [0.1, 0.15) is 18.9 Å². The maximum absolute atomic E-state index is 12.3. The van der Waals surface area contributed by atoms with Gasteiger partial charge >= 0.3 is 0 Å². The molecule has 0 heterocycles. The monoisotopic (exact) mass is 373 g/mol. The van der Waals surface area contributed by atoms with Crippen molar-refractivity contribution in [1.29, 1.82) is 0 Å². The molecule has 0 aliphatic rings. The Morgan fingerprint density at radius 2 is 1.65 bits per heavy atom. The number of benzene rings is 2. The van der Waals surface area contributed by atoms with E-state index in [0.29, 0.717) is 17.9 Å². The van der Waals surface area contributed by atoms with E-state index in [0.717, 1.165) is 19.0 Å². The summed E-state index contributed by atoms with van der Waals surface area (Å²) in [5.41, 5.74) is 1.20. The number of sulfone groups is 1. The van der Waals surface area contributed by atoms with Crippen LogP contribution in [0.5, 0.6) is 0 Å². The molecule has 0 unspecified atom stereocenters. The normalized spacial score (nSPS) is 12.0. The van der Waals surface area contributed by atoms with Gasteiger partial charge in [0.25, 0.3) is 0 Å². The molecule has 6 heteroatoms. The highest BCUT2D eigenvalue weighted by Crippen LogP contribution is 2.11. The van der Waals surface area contributed by atoms with Gasteiger partial charge in [0.2, 0.25) is 0 Å². The van der Waals surface area contributed by atoms with Gasteiger partial charge in [-0.25, -0.2) is 8.42 Å². The van der Waals surface area contributed by atoms with Crippen LogP contribution >= 0.6 is 0 Å². The van der Waals surface area contributed by atoms with E-state index in [1.54, 1.807) is 24.3 Å². The fraction of sp³-hybridized carbons (Fsp3) is 0.350. The van der Waals surface area contributed by atoms with Crippen LogP contribution in [0, 0.1) is 0 Å². The van der Waals surface area contributed by atoms with E-state index in [9.17, 15) is 8.42 Å². The largest absolute Gasteiger partial charge is 0.357 e. The third-order valence-corrected chi connectivity index (χ3v) is 5.71. The summed E-state index contributed by atoms with van der Waals surface area (Å²) in [6.07, 6.45) is 0.491. The number of nitrogens with zero attached hydrogens (tertiary/aromatic N) is 2. The van der Waals surface area contributed by atoms with Gasteiger partial charge in [-0.15, -0.1) is 0 Å². The van der Waals surface area contributed by atoms with Gasteiger partial charge in [0.1, 0.15) is 0 Å². The van der Waals surface area contributed by atoms with Crippen LogP contribution in [-0.4, -0.2) is 45.2 Å². The maximum atomic E-state index is 12.3. The van der Waals surface area contributed by atoms with Crippen LogP contribution < -0.4 is 5.32 Å². The fourth-order valence-electron chi connectivity index (χ4n) is 2.59. The molecule has 0 saturated carbocycles. The predicted octanol–water partition coefficient (Wildman–Crippen LogP) is 2.95. The van der Waals surface area contributed by atoms with E-state index in [2.05, 4.69) is 22.4 Å². The summed E-state index contributed by atoms with van der Waals surface area (Å²) in [5.74, 6) is 0.885. The zero-order valence-corrected chi connectivity index (χ0v) is 16.2. The van der Waals surface area contributed by atoms with Gasteiger partial charge in [0, 0.05) is 26.7 Å². The molecular formula is C20H27N3O2S. The lowest BCUT2D eigenvalue weighted by molar-refractivity contribution is 0.477. The van der Waals surface area contributed by atoms with Crippen LogP contribution in [0.15, 0.2) is 70.6 Å². The number of hydrogen-bond donors (Lipinski definition) is 1. The van der Waals surface area contributed by atoms with Gasteiger partial charge in [0.15, 0.2) is 15.8 Å². The molecule has 0 aliphatic carbocycles. The average molecular weight is 374 g/mol. The van der Waals surface area contributed by atoms with Crippen molar-refractivity contribution in [3.8, 4) is 0 Å². The van der Waals surface area contributed by atoms with Crippen LogP contribution in [0.25, 0.3) is 0 Å². The van der Waals surface area contributed by atoms with Gasteiger partial charge in [-0.05, 0) is 31.0 Å². The maximum Gasteiger partial charge on any atom is 0.193 e. The second-order valence-corrected chi connectivity index (χ2v) is 8.17. The number of aliphatic imine (C=N–C) groups is 1. The average Bonchev–Trinajstić information content (AvgIpc) is 2.65. The van der Waals surface area contributed by atoms with Crippen molar-refractivity contribution >= 4 is 15.8 Å². The van der Waals surface area contributed by atoms with Crippen LogP contribution in [0.3, 0.4) is 0 Å². The Labute approximate surface area is 156 Å². The summed E-state index contributed by atoms with van der Waals surface area (Å²) in [5, 5.41) is 3.26. The lowest BCUT2D eigenvalue weighted by atomic mass is 10.2. The lowest BCUT2D eigenvalue weighted by Gasteiger charge is -2.22. The minimum Gasteiger partial charge on any atom is -0.357 e. The lowest BCUT2D eigenvalue weighted by Crippen LogP contribution is -2.38. The van der Waals surface area contributed by atoms with Crippen molar-refractivity contribution in [2.24, 2.45) is 4.99 Å². The highest BCUT2D eigenvalue weighted by Gasteiger charge is 2.13. The standard InChI is InChI=1S/C20H27N3O2S/c1-3-21-20(23(2)17-18-11-6-4-7-12-18)22-15-10-16-26(24,25)19-13-8-5-9-14-19/h4-9,11-14H,3,10,15-17H2,1-2H3,(H,21,22). The van der Waals surface area contributed by atoms with Crippen LogP contribution in [0.2, 0.25) is 0 Å². The van der Waals surface area contributed by atoms with Crippen molar-refractivity contribution in [2.45, 2.75) is 24.8 Å². The smallest absolute Gasteiger partial charge is 0.193 e. The first-order valence-corrected chi connectivity index (χ1v) is 10.5. The van der Waals surface area contributed by atoms with Crippen molar-refractivity contribution < 1.29 is 8.42 Å². The molecule has 140 valence electrons. The first-order valence-electron chi connectivity index (χ1n) is 8.84. The van der Waals surface area contributed by atoms with Gasteiger partial charge in [-0.3, -0.25) is 4.99 Å². The van der Waals surface area contributed by atoms with E-state index in [1.807, 2.05) is 43.1 Å².